The summed E-state index contributed by atoms with van der Waals surface area (Å²) in [5, 5.41) is 10.3. The van der Waals surface area contributed by atoms with E-state index >= 15 is 0 Å². The van der Waals surface area contributed by atoms with Gasteiger partial charge in [-0.2, -0.15) is 0 Å². The Kier molecular flexibility index (Phi) is 2.24. The molecule has 1 aromatic rings. The first-order valence-electron chi connectivity index (χ1n) is 2.93. The molecule has 11 heavy (non-hydrogen) atoms. The van der Waals surface area contributed by atoms with E-state index in [1.165, 1.54) is 6.07 Å². The van der Waals surface area contributed by atoms with Gasteiger partial charge in [-0.1, -0.05) is 0 Å². The van der Waals surface area contributed by atoms with Gasteiger partial charge in [0, 0.05) is 10.5 Å². The molecule has 0 N–H and O–H groups in total. The van der Waals surface area contributed by atoms with Crippen molar-refractivity contribution in [3.05, 3.63) is 38.3 Å². The Balaban J connectivity index is 3.19. The van der Waals surface area contributed by atoms with Crippen LogP contribution in [0.25, 0.3) is 0 Å². The number of hydrogen-bond acceptors (Lipinski definition) is 2. The fraction of sp³-hybridized carbons (Fsp3) is 0.143. The lowest BCUT2D eigenvalue weighted by atomic mass is 10.2. The van der Waals surface area contributed by atoms with Gasteiger partial charge in [-0.25, -0.2) is 0 Å². The Hall–Kier alpha value is -0.900. The van der Waals surface area contributed by atoms with Crippen molar-refractivity contribution >= 4 is 21.6 Å². The molecule has 0 atom stereocenters. The van der Waals surface area contributed by atoms with Crippen LogP contribution in [0.5, 0.6) is 0 Å². The number of halogens is 1. The van der Waals surface area contributed by atoms with E-state index in [-0.39, 0.29) is 5.69 Å². The molecule has 4 heteroatoms. The lowest BCUT2D eigenvalue weighted by Gasteiger charge is -1.93. The van der Waals surface area contributed by atoms with Crippen molar-refractivity contribution in [2.24, 2.45) is 0 Å². The number of hydrogen-bond donors (Lipinski definition) is 0. The fourth-order valence-electron chi connectivity index (χ4n) is 0.750. The molecule has 0 aliphatic rings. The van der Waals surface area contributed by atoms with Crippen molar-refractivity contribution in [2.75, 3.05) is 0 Å². The van der Waals surface area contributed by atoms with Crippen molar-refractivity contribution < 1.29 is 4.92 Å². The lowest BCUT2D eigenvalue weighted by Crippen LogP contribution is -1.88. The summed E-state index contributed by atoms with van der Waals surface area (Å²) in [7, 11) is 0. The molecule has 1 aromatic carbocycles. The minimum atomic E-state index is -0.461. The second-order valence-electron chi connectivity index (χ2n) is 2.15. The average molecular weight is 215 g/mol. The van der Waals surface area contributed by atoms with E-state index in [0.717, 1.165) is 5.56 Å². The first kappa shape index (κ1) is 8.20. The van der Waals surface area contributed by atoms with Crippen molar-refractivity contribution in [3.8, 4) is 0 Å². The van der Waals surface area contributed by atoms with Gasteiger partial charge >= 0.3 is 0 Å². The highest BCUT2D eigenvalue weighted by molar-refractivity contribution is 9.10. The van der Waals surface area contributed by atoms with Gasteiger partial charge in [0.2, 0.25) is 0 Å². The van der Waals surface area contributed by atoms with Gasteiger partial charge in [0.25, 0.3) is 5.69 Å². The minimum absolute atomic E-state index is 0.00289. The lowest BCUT2D eigenvalue weighted by molar-refractivity contribution is -0.385. The SMILES string of the molecule is Cc1cc(Br)[c]c([N+](=O)[O-])c1. The zero-order chi connectivity index (χ0) is 8.43. The summed E-state index contributed by atoms with van der Waals surface area (Å²) in [6, 6.07) is 5.81. The molecule has 0 aliphatic heterocycles. The van der Waals surface area contributed by atoms with Crippen LogP contribution in [0.15, 0.2) is 16.6 Å². The summed E-state index contributed by atoms with van der Waals surface area (Å²) in [5.41, 5.74) is 0.846. The standard InChI is InChI=1S/C7H5BrNO2/c1-5-2-6(8)4-7(3-5)9(10)11/h2-3H,1H3. The summed E-state index contributed by atoms with van der Waals surface area (Å²) in [4.78, 5) is 9.80. The highest BCUT2D eigenvalue weighted by atomic mass is 79.9. The minimum Gasteiger partial charge on any atom is -0.258 e. The predicted molar refractivity (Wildman–Crippen MR) is 44.4 cm³/mol. The van der Waals surface area contributed by atoms with Crippen LogP contribution in [0.2, 0.25) is 0 Å². The number of rotatable bonds is 1. The summed E-state index contributed by atoms with van der Waals surface area (Å²) >= 11 is 3.12. The molecule has 57 valence electrons. The second kappa shape index (κ2) is 3.00. The zero-order valence-corrected chi connectivity index (χ0v) is 7.38. The molecule has 0 spiro atoms. The first-order valence-corrected chi connectivity index (χ1v) is 3.73. The van der Waals surface area contributed by atoms with Gasteiger partial charge in [-0.3, -0.25) is 10.1 Å². The molecule has 0 bridgehead atoms. The molecule has 0 heterocycles. The van der Waals surface area contributed by atoms with Crippen LogP contribution < -0.4 is 0 Å². The zero-order valence-electron chi connectivity index (χ0n) is 5.80. The number of nitrogens with zero attached hydrogens (tertiary/aromatic N) is 1. The summed E-state index contributed by atoms with van der Waals surface area (Å²) in [5.74, 6) is 0. The van der Waals surface area contributed by atoms with E-state index < -0.39 is 4.92 Å². The van der Waals surface area contributed by atoms with Gasteiger partial charge in [-0.05, 0) is 34.5 Å². The van der Waals surface area contributed by atoms with Crippen molar-refractivity contribution in [1.29, 1.82) is 0 Å². The van der Waals surface area contributed by atoms with Crippen LogP contribution in [0, 0.1) is 23.1 Å². The number of aryl methyl sites for hydroxylation is 1. The van der Waals surface area contributed by atoms with Crippen molar-refractivity contribution in [3.63, 3.8) is 0 Å². The maximum Gasteiger partial charge on any atom is 0.278 e. The Morgan fingerprint density at radius 2 is 2.27 bits per heavy atom. The number of nitro groups is 1. The Morgan fingerprint density at radius 1 is 1.64 bits per heavy atom. The van der Waals surface area contributed by atoms with Crippen LogP contribution in [-0.2, 0) is 0 Å². The molecular formula is C7H5BrNO2. The first-order chi connectivity index (χ1) is 5.09. The maximum atomic E-state index is 10.3. The van der Waals surface area contributed by atoms with Gasteiger partial charge in [-0.15, -0.1) is 0 Å². The second-order valence-corrected chi connectivity index (χ2v) is 3.00. The van der Waals surface area contributed by atoms with Gasteiger partial charge in [0.05, 0.1) is 11.0 Å². The van der Waals surface area contributed by atoms with Crippen LogP contribution in [0.4, 0.5) is 5.69 Å². The number of benzene rings is 1. The molecule has 0 aliphatic carbocycles. The third-order valence-electron chi connectivity index (χ3n) is 1.16. The molecular weight excluding hydrogens is 210 g/mol. The Morgan fingerprint density at radius 3 is 2.73 bits per heavy atom. The normalized spacial score (nSPS) is 9.64. The van der Waals surface area contributed by atoms with Crippen molar-refractivity contribution in [1.82, 2.24) is 0 Å². The topological polar surface area (TPSA) is 43.1 Å². The van der Waals surface area contributed by atoms with E-state index in [1.807, 2.05) is 0 Å². The number of nitro benzene ring substituents is 1. The quantitative estimate of drug-likeness (QED) is 0.533. The molecule has 0 amide bonds. The summed E-state index contributed by atoms with van der Waals surface area (Å²) in [6.07, 6.45) is 0. The number of non-ortho nitro benzene ring substituents is 1. The molecule has 0 aromatic heterocycles. The molecule has 0 unspecified atom stereocenters. The van der Waals surface area contributed by atoms with Gasteiger partial charge in [0.15, 0.2) is 0 Å². The molecule has 0 saturated heterocycles. The van der Waals surface area contributed by atoms with Crippen LogP contribution >= 0.6 is 15.9 Å². The van der Waals surface area contributed by atoms with Crippen molar-refractivity contribution in [2.45, 2.75) is 6.92 Å². The highest BCUT2D eigenvalue weighted by Gasteiger charge is 2.06. The highest BCUT2D eigenvalue weighted by Crippen LogP contribution is 2.19. The molecule has 0 fully saturated rings. The third kappa shape index (κ3) is 2.01. The summed E-state index contributed by atoms with van der Waals surface area (Å²) < 4.78 is 0.615. The molecule has 1 rings (SSSR count). The van der Waals surface area contributed by atoms with E-state index in [1.54, 1.807) is 13.0 Å². The molecule has 0 saturated carbocycles. The Labute approximate surface area is 72.3 Å². The Bertz CT molecular complexity index is 278. The largest absolute Gasteiger partial charge is 0.278 e. The maximum absolute atomic E-state index is 10.3. The molecule has 3 nitrogen and oxygen atoms in total. The van der Waals surface area contributed by atoms with Crippen LogP contribution in [-0.4, -0.2) is 4.92 Å². The van der Waals surface area contributed by atoms with Crippen LogP contribution in [0.3, 0.4) is 0 Å². The predicted octanol–water partition coefficient (Wildman–Crippen LogP) is 2.47. The fourth-order valence-corrected chi connectivity index (χ4v) is 1.31. The van der Waals surface area contributed by atoms with E-state index in [2.05, 4.69) is 22.0 Å². The van der Waals surface area contributed by atoms with Gasteiger partial charge < -0.3 is 0 Å². The van der Waals surface area contributed by atoms with Crippen LogP contribution in [0.1, 0.15) is 5.56 Å². The third-order valence-corrected chi connectivity index (χ3v) is 1.59. The average Bonchev–Trinajstić information content (AvgIpc) is 1.85. The smallest absolute Gasteiger partial charge is 0.258 e. The molecule has 1 radical (unpaired) electrons. The summed E-state index contributed by atoms with van der Waals surface area (Å²) in [6.45, 7) is 1.80. The van der Waals surface area contributed by atoms with E-state index in [9.17, 15) is 10.1 Å². The van der Waals surface area contributed by atoms with Gasteiger partial charge in [0.1, 0.15) is 0 Å². The monoisotopic (exact) mass is 214 g/mol. The van der Waals surface area contributed by atoms with E-state index in [0.29, 0.717) is 4.47 Å². The van der Waals surface area contributed by atoms with E-state index in [4.69, 9.17) is 0 Å².